The van der Waals surface area contributed by atoms with Crippen LogP contribution in [0, 0.1) is 0 Å². The number of carboxylic acid groups (broad SMARTS) is 1. The fraction of sp³-hybridized carbons (Fsp3) is 0.462. The Balaban J connectivity index is 2.23. The van der Waals surface area contributed by atoms with E-state index in [4.69, 9.17) is 19.7 Å². The van der Waals surface area contributed by atoms with Gasteiger partial charge in [0.1, 0.15) is 47.2 Å². The van der Waals surface area contributed by atoms with Crippen LogP contribution in [0.1, 0.15) is 10.4 Å². The van der Waals surface area contributed by atoms with Crippen LogP contribution in [-0.2, 0) is 4.74 Å². The average Bonchev–Trinajstić information content (AvgIpc) is 2.46. The van der Waals surface area contributed by atoms with Crippen molar-refractivity contribution in [3.05, 3.63) is 17.7 Å². The van der Waals surface area contributed by atoms with Crippen LogP contribution in [0.3, 0.4) is 0 Å². The number of ether oxygens (including phenoxy) is 2. The highest BCUT2D eigenvalue weighted by Gasteiger charge is 2.44. The first-order valence-corrected chi connectivity index (χ1v) is 6.52. The highest BCUT2D eigenvalue weighted by Crippen LogP contribution is 2.34. The molecule has 0 saturated carbocycles. The Hall–Kier alpha value is -2.11. The Morgan fingerprint density at radius 2 is 1.65 bits per heavy atom. The van der Waals surface area contributed by atoms with Crippen molar-refractivity contribution in [2.24, 2.45) is 0 Å². The van der Waals surface area contributed by atoms with Gasteiger partial charge in [0.15, 0.2) is 0 Å². The minimum Gasteiger partial charge on any atom is -0.507 e. The van der Waals surface area contributed by atoms with Gasteiger partial charge in [-0.15, -0.1) is 0 Å². The molecule has 1 aromatic rings. The molecule has 1 aromatic carbocycles. The first-order chi connectivity index (χ1) is 10.8. The van der Waals surface area contributed by atoms with E-state index in [0.717, 1.165) is 12.1 Å². The summed E-state index contributed by atoms with van der Waals surface area (Å²) >= 11 is 0. The molecule has 0 amide bonds. The van der Waals surface area contributed by atoms with E-state index in [2.05, 4.69) is 0 Å². The van der Waals surface area contributed by atoms with Crippen LogP contribution >= 0.6 is 0 Å². The summed E-state index contributed by atoms with van der Waals surface area (Å²) < 4.78 is 10.2. The van der Waals surface area contributed by atoms with Crippen LogP contribution in [0.2, 0.25) is 0 Å². The zero-order valence-electron chi connectivity index (χ0n) is 11.6. The van der Waals surface area contributed by atoms with Crippen molar-refractivity contribution < 1.29 is 50.0 Å². The van der Waals surface area contributed by atoms with Gasteiger partial charge >= 0.3 is 5.97 Å². The van der Waals surface area contributed by atoms with Crippen molar-refractivity contribution >= 4 is 5.97 Å². The van der Waals surface area contributed by atoms with E-state index < -0.39 is 60.3 Å². The molecule has 0 aliphatic carbocycles. The summed E-state index contributed by atoms with van der Waals surface area (Å²) in [5.74, 6) is -3.37. The molecule has 0 spiro atoms. The van der Waals surface area contributed by atoms with E-state index in [9.17, 15) is 30.3 Å². The lowest BCUT2D eigenvalue weighted by atomic mass is 9.99. The van der Waals surface area contributed by atoms with Crippen molar-refractivity contribution in [3.63, 3.8) is 0 Å². The van der Waals surface area contributed by atoms with Gasteiger partial charge in [-0.3, -0.25) is 0 Å². The number of aromatic hydroxyl groups is 2. The van der Waals surface area contributed by atoms with E-state index >= 15 is 0 Å². The van der Waals surface area contributed by atoms with Crippen LogP contribution in [0.5, 0.6) is 17.2 Å². The van der Waals surface area contributed by atoms with Crippen molar-refractivity contribution in [3.8, 4) is 17.2 Å². The number of hydrogen-bond acceptors (Lipinski definition) is 9. The van der Waals surface area contributed by atoms with E-state index in [0.29, 0.717) is 0 Å². The van der Waals surface area contributed by atoms with E-state index in [1.807, 2.05) is 0 Å². The third-order valence-corrected chi connectivity index (χ3v) is 3.38. The summed E-state index contributed by atoms with van der Waals surface area (Å²) in [6, 6.07) is 1.73. The van der Waals surface area contributed by atoms with Crippen LogP contribution in [0.15, 0.2) is 12.1 Å². The zero-order valence-corrected chi connectivity index (χ0v) is 11.6. The predicted octanol–water partition coefficient (Wildman–Crippen LogP) is -2.03. The van der Waals surface area contributed by atoms with Crippen molar-refractivity contribution in [1.29, 1.82) is 0 Å². The third kappa shape index (κ3) is 3.30. The molecule has 0 radical (unpaired) electrons. The molecule has 5 unspecified atom stereocenters. The molecular formula is C13H16O10. The maximum absolute atomic E-state index is 10.8. The van der Waals surface area contributed by atoms with Gasteiger partial charge in [0.25, 0.3) is 0 Å². The Bertz CT molecular complexity index is 563. The highest BCUT2D eigenvalue weighted by molar-refractivity contribution is 5.94. The maximum atomic E-state index is 10.8. The molecule has 0 bridgehead atoms. The van der Waals surface area contributed by atoms with Gasteiger partial charge in [-0.1, -0.05) is 0 Å². The number of rotatable bonds is 4. The number of carboxylic acids is 1. The van der Waals surface area contributed by atoms with Gasteiger partial charge in [0, 0.05) is 12.1 Å². The predicted molar refractivity (Wildman–Crippen MR) is 71.1 cm³/mol. The molecule has 10 nitrogen and oxygen atoms in total. The number of aliphatic hydroxyl groups excluding tert-OH is 4. The quantitative estimate of drug-likeness (QED) is 0.325. The fourth-order valence-electron chi connectivity index (χ4n) is 2.17. The van der Waals surface area contributed by atoms with E-state index in [1.165, 1.54) is 0 Å². The minimum atomic E-state index is -1.68. The summed E-state index contributed by atoms with van der Waals surface area (Å²) in [6.45, 7) is -0.654. The number of aromatic carboxylic acids is 1. The molecule has 128 valence electrons. The lowest BCUT2D eigenvalue weighted by Gasteiger charge is -2.39. The molecule has 7 N–H and O–H groups in total. The second kappa shape index (κ2) is 6.56. The van der Waals surface area contributed by atoms with Crippen LogP contribution in [0.4, 0.5) is 0 Å². The topological polar surface area (TPSA) is 177 Å². The van der Waals surface area contributed by atoms with Gasteiger partial charge in [-0.2, -0.15) is 0 Å². The molecule has 23 heavy (non-hydrogen) atoms. The van der Waals surface area contributed by atoms with Crippen molar-refractivity contribution in [2.75, 3.05) is 6.61 Å². The molecule has 1 fully saturated rings. The fourth-order valence-corrected chi connectivity index (χ4v) is 2.17. The number of hydrogen-bond donors (Lipinski definition) is 7. The van der Waals surface area contributed by atoms with Crippen LogP contribution < -0.4 is 4.74 Å². The number of aliphatic hydroxyl groups is 4. The number of carbonyl (C=O) groups is 1. The van der Waals surface area contributed by atoms with Gasteiger partial charge in [-0.25, -0.2) is 4.79 Å². The SMILES string of the molecule is O=C(O)c1c(O)cc(OC2OC(CO)C(O)C(O)C2O)cc1O. The zero-order chi connectivity index (χ0) is 17.3. The second-order valence-corrected chi connectivity index (χ2v) is 4.96. The van der Waals surface area contributed by atoms with Crippen LogP contribution in [-0.4, -0.2) is 79.0 Å². The van der Waals surface area contributed by atoms with Gasteiger partial charge < -0.3 is 45.2 Å². The standard InChI is InChI=1S/C13H16O10/c14-3-7-9(17)10(18)11(19)13(23-7)22-4-1-5(15)8(12(20)21)6(16)2-4/h1-2,7,9-11,13-19H,3H2,(H,20,21). The van der Waals surface area contributed by atoms with Crippen LogP contribution in [0.25, 0.3) is 0 Å². The molecule has 5 atom stereocenters. The number of phenols is 2. The third-order valence-electron chi connectivity index (χ3n) is 3.38. The van der Waals surface area contributed by atoms with Crippen molar-refractivity contribution in [1.82, 2.24) is 0 Å². The largest absolute Gasteiger partial charge is 0.507 e. The van der Waals surface area contributed by atoms with Gasteiger partial charge in [0.05, 0.1) is 6.61 Å². The van der Waals surface area contributed by atoms with Crippen molar-refractivity contribution in [2.45, 2.75) is 30.7 Å². The Kier molecular flexibility index (Phi) is 4.92. The normalized spacial score (nSPS) is 30.9. The maximum Gasteiger partial charge on any atom is 0.343 e. The monoisotopic (exact) mass is 332 g/mol. The molecular weight excluding hydrogens is 316 g/mol. The Morgan fingerprint density at radius 1 is 1.09 bits per heavy atom. The van der Waals surface area contributed by atoms with Gasteiger partial charge in [-0.05, 0) is 0 Å². The Labute approximate surface area is 129 Å². The smallest absolute Gasteiger partial charge is 0.343 e. The van der Waals surface area contributed by atoms with E-state index in [1.54, 1.807) is 0 Å². The molecule has 2 rings (SSSR count). The average molecular weight is 332 g/mol. The lowest BCUT2D eigenvalue weighted by molar-refractivity contribution is -0.277. The summed E-state index contributed by atoms with van der Waals surface area (Å²) in [5.41, 5.74) is -0.730. The van der Waals surface area contributed by atoms with Gasteiger partial charge in [0.2, 0.25) is 6.29 Å². The Morgan fingerprint density at radius 3 is 2.13 bits per heavy atom. The molecule has 1 aliphatic rings. The lowest BCUT2D eigenvalue weighted by Crippen LogP contribution is -2.60. The molecule has 1 heterocycles. The molecule has 0 aromatic heterocycles. The molecule has 1 aliphatic heterocycles. The number of benzene rings is 1. The minimum absolute atomic E-state index is 0.255. The first-order valence-electron chi connectivity index (χ1n) is 6.52. The molecule has 10 heteroatoms. The summed E-state index contributed by atoms with van der Waals surface area (Å²) in [4.78, 5) is 10.8. The van der Waals surface area contributed by atoms with E-state index in [-0.39, 0.29) is 5.75 Å². The molecule has 1 saturated heterocycles. The second-order valence-electron chi connectivity index (χ2n) is 4.96. The first kappa shape index (κ1) is 17.2. The summed E-state index contributed by atoms with van der Waals surface area (Å²) in [7, 11) is 0. The summed E-state index contributed by atoms with van der Waals surface area (Å²) in [6.07, 6.45) is -7.63. The summed E-state index contributed by atoms with van der Waals surface area (Å²) in [5, 5.41) is 66.1. The highest BCUT2D eigenvalue weighted by atomic mass is 16.7.